The molecule has 6 nitrogen and oxygen atoms in total. The number of hydrogen-bond donors (Lipinski definition) is 2. The molecule has 2 aromatic rings. The molecule has 0 aliphatic heterocycles. The zero-order valence-electron chi connectivity index (χ0n) is 8.17. The largest absolute Gasteiger partial charge is 0.382 e. The van der Waals surface area contributed by atoms with Crippen LogP contribution >= 0.6 is 0 Å². The first-order valence-electron chi connectivity index (χ1n) is 4.59. The third kappa shape index (κ3) is 1.79. The van der Waals surface area contributed by atoms with Gasteiger partial charge in [0, 0.05) is 13.1 Å². The summed E-state index contributed by atoms with van der Waals surface area (Å²) in [5, 5.41) is 0. The summed E-state index contributed by atoms with van der Waals surface area (Å²) in [5.74, 6) is 0.404. The van der Waals surface area contributed by atoms with Gasteiger partial charge < -0.3 is 16.0 Å². The first-order chi connectivity index (χ1) is 7.33. The van der Waals surface area contributed by atoms with E-state index in [0.29, 0.717) is 24.4 Å². The predicted octanol–water partition coefficient (Wildman–Crippen LogP) is -0.0766. The zero-order chi connectivity index (χ0) is 10.7. The minimum atomic E-state index is 0.404. The summed E-state index contributed by atoms with van der Waals surface area (Å²) in [7, 11) is 0. The smallest absolute Gasteiger partial charge is 0.165 e. The normalized spacial score (nSPS) is 11.5. The molecule has 78 valence electrons. The molecular weight excluding hydrogens is 192 g/mol. The van der Waals surface area contributed by atoms with Crippen LogP contribution < -0.4 is 11.5 Å². The summed E-state index contributed by atoms with van der Waals surface area (Å²) in [6.07, 6.45) is 6.97. The van der Waals surface area contributed by atoms with E-state index >= 15 is 0 Å². The van der Waals surface area contributed by atoms with Crippen LogP contribution in [-0.4, -0.2) is 26.1 Å². The van der Waals surface area contributed by atoms with Crippen molar-refractivity contribution in [3.63, 3.8) is 0 Å². The SMILES string of the molecule is NC/C=C\Cn1cnc2c(N)ncnc21. The number of fused-ring (bicyclic) bond motifs is 1. The van der Waals surface area contributed by atoms with Crippen molar-refractivity contribution in [1.82, 2.24) is 19.5 Å². The van der Waals surface area contributed by atoms with E-state index in [0.717, 1.165) is 5.65 Å². The number of nitrogens with zero attached hydrogens (tertiary/aromatic N) is 4. The maximum Gasteiger partial charge on any atom is 0.165 e. The second-order valence-electron chi connectivity index (χ2n) is 3.04. The Hall–Kier alpha value is -1.95. The van der Waals surface area contributed by atoms with Crippen LogP contribution in [0, 0.1) is 0 Å². The van der Waals surface area contributed by atoms with E-state index in [-0.39, 0.29) is 0 Å². The maximum absolute atomic E-state index is 5.66. The van der Waals surface area contributed by atoms with Gasteiger partial charge in [0.25, 0.3) is 0 Å². The minimum Gasteiger partial charge on any atom is -0.382 e. The molecule has 0 bridgehead atoms. The number of imidazole rings is 1. The van der Waals surface area contributed by atoms with Crippen LogP contribution in [0.3, 0.4) is 0 Å². The highest BCUT2D eigenvalue weighted by Crippen LogP contribution is 2.13. The quantitative estimate of drug-likeness (QED) is 0.682. The lowest BCUT2D eigenvalue weighted by Crippen LogP contribution is -1.98. The predicted molar refractivity (Wildman–Crippen MR) is 57.9 cm³/mol. The van der Waals surface area contributed by atoms with Crippen molar-refractivity contribution in [3.05, 3.63) is 24.8 Å². The van der Waals surface area contributed by atoms with Gasteiger partial charge >= 0.3 is 0 Å². The molecule has 0 saturated carbocycles. The molecule has 6 heteroatoms. The molecule has 2 rings (SSSR count). The third-order valence-corrected chi connectivity index (χ3v) is 2.03. The molecule has 0 fully saturated rings. The Bertz CT molecular complexity index is 486. The van der Waals surface area contributed by atoms with Crippen molar-refractivity contribution >= 4 is 17.0 Å². The average Bonchev–Trinajstić information content (AvgIpc) is 2.64. The van der Waals surface area contributed by atoms with Crippen LogP contribution in [0.4, 0.5) is 5.82 Å². The fourth-order valence-electron chi connectivity index (χ4n) is 1.32. The lowest BCUT2D eigenvalue weighted by molar-refractivity contribution is 0.834. The fraction of sp³-hybridized carbons (Fsp3) is 0.222. The highest BCUT2D eigenvalue weighted by molar-refractivity contribution is 5.81. The monoisotopic (exact) mass is 204 g/mol. The van der Waals surface area contributed by atoms with Gasteiger partial charge in [0.2, 0.25) is 0 Å². The van der Waals surface area contributed by atoms with Crippen LogP contribution in [0.2, 0.25) is 0 Å². The first kappa shape index (κ1) is 9.60. The molecule has 2 heterocycles. The highest BCUT2D eigenvalue weighted by atomic mass is 15.1. The summed E-state index contributed by atoms with van der Waals surface area (Å²) in [6, 6.07) is 0. The molecule has 2 aromatic heterocycles. The maximum atomic E-state index is 5.66. The number of aromatic nitrogens is 4. The summed E-state index contributed by atoms with van der Waals surface area (Å²) in [6.45, 7) is 1.22. The molecule has 0 aromatic carbocycles. The lowest BCUT2D eigenvalue weighted by Gasteiger charge is -1.98. The van der Waals surface area contributed by atoms with E-state index < -0.39 is 0 Å². The van der Waals surface area contributed by atoms with Crippen molar-refractivity contribution in [3.8, 4) is 0 Å². The van der Waals surface area contributed by atoms with Gasteiger partial charge in [-0.25, -0.2) is 15.0 Å². The Labute approximate surface area is 86.6 Å². The van der Waals surface area contributed by atoms with Gasteiger partial charge in [-0.2, -0.15) is 0 Å². The molecule has 0 saturated heterocycles. The van der Waals surface area contributed by atoms with Crippen LogP contribution in [-0.2, 0) is 6.54 Å². The van der Waals surface area contributed by atoms with Crippen molar-refractivity contribution in [1.29, 1.82) is 0 Å². The number of rotatable bonds is 3. The third-order valence-electron chi connectivity index (χ3n) is 2.03. The van der Waals surface area contributed by atoms with E-state index in [9.17, 15) is 0 Å². The van der Waals surface area contributed by atoms with Gasteiger partial charge in [0.15, 0.2) is 11.5 Å². The van der Waals surface area contributed by atoms with Crippen molar-refractivity contribution in [2.45, 2.75) is 6.54 Å². The number of hydrogen-bond acceptors (Lipinski definition) is 5. The number of nitrogen functional groups attached to an aromatic ring is 1. The zero-order valence-corrected chi connectivity index (χ0v) is 8.17. The Morgan fingerprint density at radius 3 is 2.93 bits per heavy atom. The second kappa shape index (κ2) is 4.05. The van der Waals surface area contributed by atoms with E-state index in [1.807, 2.05) is 16.7 Å². The Balaban J connectivity index is 2.37. The molecule has 0 atom stereocenters. The Morgan fingerprint density at radius 2 is 2.13 bits per heavy atom. The molecule has 0 spiro atoms. The van der Waals surface area contributed by atoms with Gasteiger partial charge in [0.05, 0.1) is 6.33 Å². The summed E-state index contributed by atoms with van der Waals surface area (Å²) in [4.78, 5) is 12.1. The lowest BCUT2D eigenvalue weighted by atomic mass is 10.4. The van der Waals surface area contributed by atoms with Gasteiger partial charge in [-0.15, -0.1) is 0 Å². The molecule has 15 heavy (non-hydrogen) atoms. The van der Waals surface area contributed by atoms with Crippen molar-refractivity contribution in [2.24, 2.45) is 5.73 Å². The van der Waals surface area contributed by atoms with Crippen LogP contribution in [0.5, 0.6) is 0 Å². The second-order valence-corrected chi connectivity index (χ2v) is 3.04. The van der Waals surface area contributed by atoms with Crippen molar-refractivity contribution < 1.29 is 0 Å². The van der Waals surface area contributed by atoms with Crippen LogP contribution in [0.15, 0.2) is 24.8 Å². The van der Waals surface area contributed by atoms with Gasteiger partial charge in [-0.1, -0.05) is 12.2 Å². The fourth-order valence-corrected chi connectivity index (χ4v) is 1.32. The number of nitrogens with two attached hydrogens (primary N) is 2. The topological polar surface area (TPSA) is 95.6 Å². The Morgan fingerprint density at radius 1 is 1.27 bits per heavy atom. The van der Waals surface area contributed by atoms with Gasteiger partial charge in [0.1, 0.15) is 11.8 Å². The molecule has 0 amide bonds. The first-order valence-corrected chi connectivity index (χ1v) is 4.59. The van der Waals surface area contributed by atoms with Crippen LogP contribution in [0.25, 0.3) is 11.2 Å². The standard InChI is InChI=1S/C9H12N6/c10-3-1-2-4-15-6-14-7-8(11)12-5-13-9(7)15/h1-2,5-6H,3-4,10H2,(H2,11,12,13)/b2-1-. The van der Waals surface area contributed by atoms with E-state index in [1.165, 1.54) is 6.33 Å². The number of allylic oxidation sites excluding steroid dienone is 1. The molecular formula is C9H12N6. The minimum absolute atomic E-state index is 0.404. The summed E-state index contributed by atoms with van der Waals surface area (Å²) < 4.78 is 1.89. The number of anilines is 1. The van der Waals surface area contributed by atoms with E-state index in [4.69, 9.17) is 11.5 Å². The summed E-state index contributed by atoms with van der Waals surface area (Å²) in [5.41, 5.74) is 12.4. The van der Waals surface area contributed by atoms with Gasteiger partial charge in [-0.05, 0) is 0 Å². The van der Waals surface area contributed by atoms with Crippen molar-refractivity contribution in [2.75, 3.05) is 12.3 Å². The Kier molecular flexibility index (Phi) is 2.59. The molecule has 0 aliphatic rings. The molecule has 0 aliphatic carbocycles. The summed E-state index contributed by atoms with van der Waals surface area (Å²) >= 11 is 0. The van der Waals surface area contributed by atoms with E-state index in [1.54, 1.807) is 6.33 Å². The van der Waals surface area contributed by atoms with E-state index in [2.05, 4.69) is 15.0 Å². The van der Waals surface area contributed by atoms with Gasteiger partial charge in [-0.3, -0.25) is 0 Å². The molecule has 4 N–H and O–H groups in total. The molecule has 0 unspecified atom stereocenters. The average molecular weight is 204 g/mol. The molecule has 0 radical (unpaired) electrons. The highest BCUT2D eigenvalue weighted by Gasteiger charge is 2.05. The van der Waals surface area contributed by atoms with Crippen LogP contribution in [0.1, 0.15) is 0 Å².